The summed E-state index contributed by atoms with van der Waals surface area (Å²) < 4.78 is 0. The minimum absolute atomic E-state index is 0.00755. The number of thiol groups is 1. The molecule has 1 amide bonds. The predicted molar refractivity (Wildman–Crippen MR) is 81.8 cm³/mol. The average Bonchev–Trinajstić information content (AvgIpc) is 2.35. The summed E-state index contributed by atoms with van der Waals surface area (Å²) in [7, 11) is 0. The van der Waals surface area contributed by atoms with Crippen molar-refractivity contribution in [3.63, 3.8) is 0 Å². The van der Waals surface area contributed by atoms with E-state index in [1.807, 2.05) is 37.3 Å². The van der Waals surface area contributed by atoms with Crippen LogP contribution in [0.25, 0.3) is 0 Å². The van der Waals surface area contributed by atoms with Crippen LogP contribution in [0.1, 0.15) is 12.5 Å². The van der Waals surface area contributed by atoms with Gasteiger partial charge in [0.15, 0.2) is 0 Å². The number of fused-ring (bicyclic) bond motifs is 2. The van der Waals surface area contributed by atoms with E-state index in [0.29, 0.717) is 0 Å². The highest BCUT2D eigenvalue weighted by atomic mass is 32.2. The van der Waals surface area contributed by atoms with E-state index in [1.54, 1.807) is 23.6 Å². The van der Waals surface area contributed by atoms with E-state index < -0.39 is 0 Å². The molecule has 96 valence electrons. The zero-order valence-electron chi connectivity index (χ0n) is 10.7. The first-order chi connectivity index (χ1) is 9.08. The summed E-state index contributed by atoms with van der Waals surface area (Å²) >= 11 is 6.23. The van der Waals surface area contributed by atoms with E-state index in [9.17, 15) is 4.79 Å². The van der Waals surface area contributed by atoms with E-state index in [2.05, 4.69) is 18.7 Å². The monoisotopic (exact) mass is 287 g/mol. The predicted octanol–water partition coefficient (Wildman–Crippen LogP) is 4.43. The van der Waals surface area contributed by atoms with Gasteiger partial charge in [-0.1, -0.05) is 23.9 Å². The van der Waals surface area contributed by atoms with Crippen molar-refractivity contribution in [3.05, 3.63) is 42.0 Å². The number of amides is 1. The number of carbonyl (C=O) groups is 1. The molecule has 0 fully saturated rings. The largest absolute Gasteiger partial charge is 0.278 e. The second-order valence-electron chi connectivity index (χ2n) is 4.56. The number of para-hydroxylation sites is 1. The number of benzene rings is 2. The molecule has 2 nitrogen and oxygen atoms in total. The first kappa shape index (κ1) is 12.6. The summed E-state index contributed by atoms with van der Waals surface area (Å²) in [5, 5.41) is 0. The molecule has 0 radical (unpaired) electrons. The molecule has 0 saturated heterocycles. The lowest BCUT2D eigenvalue weighted by molar-refractivity contribution is -0.115. The van der Waals surface area contributed by atoms with Gasteiger partial charge in [-0.3, -0.25) is 9.69 Å². The van der Waals surface area contributed by atoms with Crippen LogP contribution in [0, 0.1) is 6.92 Å². The maximum absolute atomic E-state index is 12.0. The molecule has 19 heavy (non-hydrogen) atoms. The van der Waals surface area contributed by atoms with Crippen LogP contribution in [0.5, 0.6) is 0 Å². The van der Waals surface area contributed by atoms with Crippen molar-refractivity contribution in [3.8, 4) is 0 Å². The quantitative estimate of drug-likeness (QED) is 0.723. The first-order valence-electron chi connectivity index (χ1n) is 5.99. The maximum Gasteiger partial charge on any atom is 0.228 e. The summed E-state index contributed by atoms with van der Waals surface area (Å²) in [4.78, 5) is 16.8. The summed E-state index contributed by atoms with van der Waals surface area (Å²) in [5.74, 6) is 0.00755. The highest BCUT2D eigenvalue weighted by Crippen LogP contribution is 2.50. The lowest BCUT2D eigenvalue weighted by Gasteiger charge is -2.31. The van der Waals surface area contributed by atoms with Crippen LogP contribution in [-0.4, -0.2) is 5.91 Å². The smallest absolute Gasteiger partial charge is 0.228 e. The minimum atomic E-state index is 0.00755. The van der Waals surface area contributed by atoms with Crippen molar-refractivity contribution >= 4 is 41.7 Å². The van der Waals surface area contributed by atoms with Gasteiger partial charge >= 0.3 is 0 Å². The Balaban J connectivity index is 2.29. The summed E-state index contributed by atoms with van der Waals surface area (Å²) in [6.07, 6.45) is 0. The third kappa shape index (κ3) is 2.05. The number of hydrogen-bond acceptors (Lipinski definition) is 3. The van der Waals surface area contributed by atoms with E-state index in [1.165, 1.54) is 0 Å². The molecule has 3 rings (SSSR count). The number of anilines is 2. The minimum Gasteiger partial charge on any atom is -0.278 e. The van der Waals surface area contributed by atoms with Crippen LogP contribution in [0.4, 0.5) is 11.4 Å². The molecule has 2 aromatic carbocycles. The topological polar surface area (TPSA) is 20.3 Å². The highest BCUT2D eigenvalue weighted by Gasteiger charge is 2.27. The van der Waals surface area contributed by atoms with Crippen molar-refractivity contribution in [2.24, 2.45) is 0 Å². The molecule has 0 saturated carbocycles. The molecular weight excluding hydrogens is 274 g/mol. The zero-order valence-corrected chi connectivity index (χ0v) is 12.4. The Hall–Kier alpha value is -1.39. The van der Waals surface area contributed by atoms with Gasteiger partial charge in [-0.15, -0.1) is 12.6 Å². The van der Waals surface area contributed by atoms with Gasteiger partial charge in [-0.2, -0.15) is 0 Å². The second kappa shape index (κ2) is 4.62. The maximum atomic E-state index is 12.0. The molecule has 0 unspecified atom stereocenters. The van der Waals surface area contributed by atoms with E-state index in [-0.39, 0.29) is 5.91 Å². The molecule has 0 spiro atoms. The number of nitrogens with zero attached hydrogens (tertiary/aromatic N) is 1. The number of rotatable bonds is 0. The van der Waals surface area contributed by atoms with Crippen LogP contribution in [-0.2, 0) is 4.79 Å². The molecule has 2 aromatic rings. The van der Waals surface area contributed by atoms with Gasteiger partial charge in [0.05, 0.1) is 11.4 Å². The number of carbonyl (C=O) groups excluding carboxylic acids is 1. The van der Waals surface area contributed by atoms with Crippen LogP contribution >= 0.6 is 24.4 Å². The van der Waals surface area contributed by atoms with Crippen molar-refractivity contribution in [1.29, 1.82) is 0 Å². The lowest BCUT2D eigenvalue weighted by atomic mass is 10.1. The van der Waals surface area contributed by atoms with E-state index >= 15 is 0 Å². The van der Waals surface area contributed by atoms with Crippen molar-refractivity contribution < 1.29 is 4.79 Å². The van der Waals surface area contributed by atoms with Crippen molar-refractivity contribution in [2.45, 2.75) is 28.5 Å². The Labute approximate surface area is 122 Å². The fourth-order valence-electron chi connectivity index (χ4n) is 2.32. The summed E-state index contributed by atoms with van der Waals surface area (Å²) in [5.41, 5.74) is 2.98. The third-order valence-corrected chi connectivity index (χ3v) is 4.50. The number of aryl methyl sites for hydroxylation is 1. The first-order valence-corrected chi connectivity index (χ1v) is 7.25. The highest BCUT2D eigenvalue weighted by molar-refractivity contribution is 7.99. The van der Waals surface area contributed by atoms with Gasteiger partial charge in [0.2, 0.25) is 5.91 Å². The van der Waals surface area contributed by atoms with Crippen LogP contribution in [0.15, 0.2) is 51.1 Å². The molecule has 0 N–H and O–H groups in total. The van der Waals surface area contributed by atoms with Crippen LogP contribution in [0.2, 0.25) is 0 Å². The zero-order chi connectivity index (χ0) is 13.6. The van der Waals surface area contributed by atoms with E-state index in [0.717, 1.165) is 31.6 Å². The summed E-state index contributed by atoms with van der Waals surface area (Å²) in [6.45, 7) is 3.63. The molecule has 4 heteroatoms. The Bertz CT molecular complexity index is 682. The molecule has 1 heterocycles. The fourth-order valence-corrected chi connectivity index (χ4v) is 4.01. The Morgan fingerprint density at radius 2 is 1.95 bits per heavy atom. The average molecular weight is 287 g/mol. The second-order valence-corrected chi connectivity index (χ2v) is 6.12. The molecule has 0 atom stereocenters. The summed E-state index contributed by atoms with van der Waals surface area (Å²) in [6, 6.07) is 12.1. The molecule has 0 bridgehead atoms. The van der Waals surface area contributed by atoms with Gasteiger partial charge in [0, 0.05) is 21.6 Å². The molecular formula is C15H13NOS2. The molecule has 0 aromatic heterocycles. The standard InChI is InChI=1S/C15H13NOS2/c1-9-7-12(18)15-14(8-9)19-13-6-4-3-5-11(13)16(15)10(2)17/h3-8,18H,1-2H3. The van der Waals surface area contributed by atoms with Gasteiger partial charge in [-0.05, 0) is 36.8 Å². The van der Waals surface area contributed by atoms with E-state index in [4.69, 9.17) is 0 Å². The Kier molecular flexibility index (Phi) is 3.07. The Morgan fingerprint density at radius 1 is 1.21 bits per heavy atom. The van der Waals surface area contributed by atoms with Crippen molar-refractivity contribution in [2.75, 3.05) is 4.90 Å². The van der Waals surface area contributed by atoms with Crippen LogP contribution < -0.4 is 4.90 Å². The van der Waals surface area contributed by atoms with Gasteiger partial charge in [0.1, 0.15) is 0 Å². The number of hydrogen-bond donors (Lipinski definition) is 1. The SMILES string of the molecule is CC(=O)N1c2ccccc2Sc2cc(C)cc(S)c21. The van der Waals surface area contributed by atoms with Crippen LogP contribution in [0.3, 0.4) is 0 Å². The molecule has 1 aliphatic rings. The van der Waals surface area contributed by atoms with Gasteiger partial charge in [0.25, 0.3) is 0 Å². The molecule has 1 aliphatic heterocycles. The normalized spacial score (nSPS) is 12.9. The molecule has 0 aliphatic carbocycles. The van der Waals surface area contributed by atoms with Crippen molar-refractivity contribution in [1.82, 2.24) is 0 Å². The van der Waals surface area contributed by atoms with Gasteiger partial charge in [-0.25, -0.2) is 0 Å². The lowest BCUT2D eigenvalue weighted by Crippen LogP contribution is -2.26. The fraction of sp³-hybridized carbons (Fsp3) is 0.133. The Morgan fingerprint density at radius 3 is 2.68 bits per heavy atom. The van der Waals surface area contributed by atoms with Gasteiger partial charge < -0.3 is 0 Å². The third-order valence-electron chi connectivity index (χ3n) is 3.06.